The highest BCUT2D eigenvalue weighted by atomic mass is 16.1. The fraction of sp³-hybridized carbons (Fsp3) is 0.900. The van der Waals surface area contributed by atoms with Gasteiger partial charge in [-0.2, -0.15) is 0 Å². The summed E-state index contributed by atoms with van der Waals surface area (Å²) in [6, 6.07) is 0.516. The van der Waals surface area contributed by atoms with Crippen molar-refractivity contribution in [3.05, 3.63) is 0 Å². The van der Waals surface area contributed by atoms with E-state index in [4.69, 9.17) is 0 Å². The number of hydrogen-bond donors (Lipinski definition) is 1. The SMILES string of the molecule is CN(C)CCCN[C@H]1CCN(C=O)C1. The van der Waals surface area contributed by atoms with Gasteiger partial charge < -0.3 is 15.1 Å². The van der Waals surface area contributed by atoms with Crippen LogP contribution in [0.5, 0.6) is 0 Å². The van der Waals surface area contributed by atoms with E-state index in [1.807, 2.05) is 4.90 Å². The summed E-state index contributed by atoms with van der Waals surface area (Å²) in [6.45, 7) is 3.97. The van der Waals surface area contributed by atoms with Crippen molar-refractivity contribution in [2.24, 2.45) is 0 Å². The molecule has 0 radical (unpaired) electrons. The lowest BCUT2D eigenvalue weighted by Gasteiger charge is -2.14. The molecule has 0 spiro atoms. The van der Waals surface area contributed by atoms with Crippen LogP contribution in [0.1, 0.15) is 12.8 Å². The molecule has 0 aromatic rings. The highest BCUT2D eigenvalue weighted by Gasteiger charge is 2.19. The Bertz CT molecular complexity index is 173. The Morgan fingerprint density at radius 3 is 2.93 bits per heavy atom. The molecule has 1 saturated heterocycles. The quantitative estimate of drug-likeness (QED) is 0.474. The summed E-state index contributed by atoms with van der Waals surface area (Å²) in [7, 11) is 4.17. The number of hydrogen-bond acceptors (Lipinski definition) is 3. The zero-order valence-corrected chi connectivity index (χ0v) is 9.20. The first-order valence-corrected chi connectivity index (χ1v) is 5.30. The molecule has 1 aliphatic rings. The molecular weight excluding hydrogens is 178 g/mol. The van der Waals surface area contributed by atoms with Crippen LogP contribution in [0.15, 0.2) is 0 Å². The van der Waals surface area contributed by atoms with Gasteiger partial charge in [-0.25, -0.2) is 0 Å². The van der Waals surface area contributed by atoms with Crippen LogP contribution in [-0.2, 0) is 4.79 Å². The standard InChI is InChI=1S/C10H21N3O/c1-12(2)6-3-5-11-10-4-7-13(8-10)9-14/h9-11H,3-8H2,1-2H3/t10-/m0/s1. The van der Waals surface area contributed by atoms with Gasteiger partial charge >= 0.3 is 0 Å². The first-order valence-electron chi connectivity index (χ1n) is 5.30. The van der Waals surface area contributed by atoms with Gasteiger partial charge in [0.25, 0.3) is 0 Å². The van der Waals surface area contributed by atoms with E-state index in [-0.39, 0.29) is 0 Å². The largest absolute Gasteiger partial charge is 0.344 e. The van der Waals surface area contributed by atoms with Crippen LogP contribution in [0.2, 0.25) is 0 Å². The molecule has 4 nitrogen and oxygen atoms in total. The highest BCUT2D eigenvalue weighted by Crippen LogP contribution is 2.05. The Hall–Kier alpha value is -0.610. The molecule has 1 fully saturated rings. The Morgan fingerprint density at radius 1 is 1.57 bits per heavy atom. The van der Waals surface area contributed by atoms with Gasteiger partial charge in [-0.1, -0.05) is 0 Å². The molecular formula is C10H21N3O. The van der Waals surface area contributed by atoms with Crippen molar-refractivity contribution in [1.29, 1.82) is 0 Å². The third-order valence-corrected chi connectivity index (χ3v) is 2.58. The monoisotopic (exact) mass is 199 g/mol. The van der Waals surface area contributed by atoms with E-state index < -0.39 is 0 Å². The van der Waals surface area contributed by atoms with Gasteiger partial charge in [0.1, 0.15) is 0 Å². The Labute approximate surface area is 86.2 Å². The molecule has 1 rings (SSSR count). The lowest BCUT2D eigenvalue weighted by Crippen LogP contribution is -2.33. The average molecular weight is 199 g/mol. The summed E-state index contributed by atoms with van der Waals surface area (Å²) in [4.78, 5) is 14.5. The zero-order valence-electron chi connectivity index (χ0n) is 9.20. The fourth-order valence-corrected chi connectivity index (χ4v) is 1.75. The van der Waals surface area contributed by atoms with Crippen molar-refractivity contribution in [1.82, 2.24) is 15.1 Å². The van der Waals surface area contributed by atoms with Gasteiger partial charge in [-0.15, -0.1) is 0 Å². The lowest BCUT2D eigenvalue weighted by molar-refractivity contribution is -0.117. The summed E-state index contributed by atoms with van der Waals surface area (Å²) in [5, 5.41) is 3.47. The maximum absolute atomic E-state index is 10.5. The summed E-state index contributed by atoms with van der Waals surface area (Å²) in [5.41, 5.74) is 0. The number of carbonyl (C=O) groups is 1. The van der Waals surface area contributed by atoms with Crippen LogP contribution in [-0.4, -0.2) is 62.5 Å². The van der Waals surface area contributed by atoms with Crippen LogP contribution < -0.4 is 5.32 Å². The van der Waals surface area contributed by atoms with Crippen molar-refractivity contribution in [2.75, 3.05) is 40.3 Å². The van der Waals surface area contributed by atoms with Crippen molar-refractivity contribution < 1.29 is 4.79 Å². The first kappa shape index (κ1) is 11.5. The molecule has 0 unspecified atom stereocenters. The van der Waals surface area contributed by atoms with Crippen molar-refractivity contribution in [2.45, 2.75) is 18.9 Å². The molecule has 82 valence electrons. The van der Waals surface area contributed by atoms with E-state index in [9.17, 15) is 4.79 Å². The molecule has 0 aliphatic carbocycles. The number of rotatable bonds is 6. The highest BCUT2D eigenvalue weighted by molar-refractivity contribution is 5.47. The first-order chi connectivity index (χ1) is 6.72. The van der Waals surface area contributed by atoms with Gasteiger partial charge in [-0.05, 0) is 40.0 Å². The second-order valence-electron chi connectivity index (χ2n) is 4.20. The van der Waals surface area contributed by atoms with Crippen LogP contribution >= 0.6 is 0 Å². The van der Waals surface area contributed by atoms with E-state index in [1.54, 1.807) is 0 Å². The number of nitrogens with one attached hydrogen (secondary N) is 1. The summed E-state index contributed by atoms with van der Waals surface area (Å²) in [6.07, 6.45) is 3.22. The van der Waals surface area contributed by atoms with E-state index in [0.29, 0.717) is 6.04 Å². The number of likely N-dealkylation sites (tertiary alicyclic amines) is 1. The Morgan fingerprint density at radius 2 is 2.36 bits per heavy atom. The summed E-state index contributed by atoms with van der Waals surface area (Å²) in [5.74, 6) is 0. The average Bonchev–Trinajstić information content (AvgIpc) is 2.60. The second-order valence-corrected chi connectivity index (χ2v) is 4.20. The van der Waals surface area contributed by atoms with Gasteiger partial charge in [0, 0.05) is 19.1 Å². The smallest absolute Gasteiger partial charge is 0.209 e. The predicted octanol–water partition coefficient (Wildman–Crippen LogP) is -0.242. The van der Waals surface area contributed by atoms with Crippen LogP contribution in [0.25, 0.3) is 0 Å². The van der Waals surface area contributed by atoms with Crippen molar-refractivity contribution >= 4 is 6.41 Å². The van der Waals surface area contributed by atoms with Gasteiger partial charge in [-0.3, -0.25) is 4.79 Å². The number of carbonyl (C=O) groups excluding carboxylic acids is 1. The fourth-order valence-electron chi connectivity index (χ4n) is 1.75. The molecule has 0 aromatic carbocycles. The molecule has 1 amide bonds. The van der Waals surface area contributed by atoms with E-state index in [1.165, 1.54) is 6.42 Å². The minimum Gasteiger partial charge on any atom is -0.344 e. The Balaban J connectivity index is 2.00. The van der Waals surface area contributed by atoms with Crippen molar-refractivity contribution in [3.63, 3.8) is 0 Å². The molecule has 14 heavy (non-hydrogen) atoms. The Kier molecular flexibility index (Phi) is 4.90. The normalized spacial score (nSPS) is 21.9. The van der Waals surface area contributed by atoms with E-state index in [0.717, 1.165) is 39.0 Å². The predicted molar refractivity (Wildman–Crippen MR) is 57.2 cm³/mol. The van der Waals surface area contributed by atoms with E-state index in [2.05, 4.69) is 24.3 Å². The lowest BCUT2D eigenvalue weighted by atomic mass is 10.2. The maximum atomic E-state index is 10.5. The van der Waals surface area contributed by atoms with Crippen LogP contribution in [0, 0.1) is 0 Å². The van der Waals surface area contributed by atoms with Crippen LogP contribution in [0.3, 0.4) is 0 Å². The third-order valence-electron chi connectivity index (χ3n) is 2.58. The van der Waals surface area contributed by atoms with Gasteiger partial charge in [0.15, 0.2) is 0 Å². The van der Waals surface area contributed by atoms with Gasteiger partial charge in [0.05, 0.1) is 0 Å². The second kappa shape index (κ2) is 5.98. The summed E-state index contributed by atoms with van der Waals surface area (Å²) < 4.78 is 0. The van der Waals surface area contributed by atoms with Crippen LogP contribution in [0.4, 0.5) is 0 Å². The molecule has 1 atom stereocenters. The topological polar surface area (TPSA) is 35.6 Å². The van der Waals surface area contributed by atoms with Crippen molar-refractivity contribution in [3.8, 4) is 0 Å². The summed E-state index contributed by atoms with van der Waals surface area (Å²) >= 11 is 0. The minimum atomic E-state index is 0.516. The molecule has 4 heteroatoms. The third kappa shape index (κ3) is 4.07. The van der Waals surface area contributed by atoms with Gasteiger partial charge in [0.2, 0.25) is 6.41 Å². The molecule has 0 bridgehead atoms. The maximum Gasteiger partial charge on any atom is 0.209 e. The number of nitrogens with zero attached hydrogens (tertiary/aromatic N) is 2. The molecule has 0 aromatic heterocycles. The molecule has 1 aliphatic heterocycles. The molecule has 1 N–H and O–H groups in total. The minimum absolute atomic E-state index is 0.516. The number of amides is 1. The molecule has 0 saturated carbocycles. The van der Waals surface area contributed by atoms with E-state index >= 15 is 0 Å². The zero-order chi connectivity index (χ0) is 10.4. The molecule has 1 heterocycles.